The molecule has 1 aliphatic carbocycles. The van der Waals surface area contributed by atoms with Crippen LogP contribution in [0.5, 0.6) is 0 Å². The number of hydrogen-bond acceptors (Lipinski definition) is 4. The number of nitrogens with one attached hydrogen (secondary N) is 1. The van der Waals surface area contributed by atoms with Gasteiger partial charge >= 0.3 is 0 Å². The number of benzene rings is 1. The van der Waals surface area contributed by atoms with Crippen LogP contribution in [0.2, 0.25) is 0 Å². The monoisotopic (exact) mass is 487 g/mol. The van der Waals surface area contributed by atoms with E-state index in [1.54, 1.807) is 6.07 Å². The molecule has 1 aromatic carbocycles. The Morgan fingerprint density at radius 2 is 1.92 bits per heavy atom. The zero-order valence-corrected chi connectivity index (χ0v) is 21.0. The number of fused-ring (bicyclic) bond motifs is 4. The number of carbonyl (C=O) groups excluding carboxylic acids is 1. The Morgan fingerprint density at radius 1 is 1.06 bits per heavy atom. The molecule has 3 aromatic rings. The number of halogens is 1. The van der Waals surface area contributed by atoms with Crippen molar-refractivity contribution in [1.29, 1.82) is 0 Å². The summed E-state index contributed by atoms with van der Waals surface area (Å²) in [5.41, 5.74) is 6.33. The lowest BCUT2D eigenvalue weighted by molar-refractivity contribution is 0.0604. The molecule has 1 amide bonds. The first kappa shape index (κ1) is 23.2. The molecule has 2 aliphatic heterocycles. The lowest BCUT2D eigenvalue weighted by atomic mass is 9.95. The van der Waals surface area contributed by atoms with Crippen LogP contribution in [0.1, 0.15) is 103 Å². The number of amides is 1. The Bertz CT molecular complexity index is 1330. The molecule has 6 nitrogen and oxygen atoms in total. The van der Waals surface area contributed by atoms with Crippen molar-refractivity contribution in [2.75, 3.05) is 13.1 Å². The fourth-order valence-corrected chi connectivity index (χ4v) is 5.73. The van der Waals surface area contributed by atoms with E-state index in [0.717, 1.165) is 60.5 Å². The van der Waals surface area contributed by atoms with E-state index in [2.05, 4.69) is 31.0 Å². The Kier molecular flexibility index (Phi) is 6.02. The van der Waals surface area contributed by atoms with Crippen LogP contribution in [0.4, 0.5) is 4.39 Å². The summed E-state index contributed by atoms with van der Waals surface area (Å²) in [6.07, 6.45) is 7.51. The van der Waals surface area contributed by atoms with Crippen molar-refractivity contribution in [1.82, 2.24) is 24.8 Å². The molecule has 1 N–H and O–H groups in total. The fourth-order valence-electron chi connectivity index (χ4n) is 5.73. The van der Waals surface area contributed by atoms with E-state index in [9.17, 15) is 9.18 Å². The first-order valence-electron chi connectivity index (χ1n) is 13.4. The quantitative estimate of drug-likeness (QED) is 0.481. The van der Waals surface area contributed by atoms with E-state index in [0.29, 0.717) is 36.8 Å². The third kappa shape index (κ3) is 4.40. The molecule has 6 rings (SSSR count). The number of piperidine rings is 1. The van der Waals surface area contributed by atoms with E-state index < -0.39 is 0 Å². The highest BCUT2D eigenvalue weighted by Gasteiger charge is 2.33. The zero-order valence-electron chi connectivity index (χ0n) is 21.0. The molecule has 2 fully saturated rings. The highest BCUT2D eigenvalue weighted by molar-refractivity contribution is 5.96. The summed E-state index contributed by atoms with van der Waals surface area (Å²) in [4.78, 5) is 20.8. The smallest absolute Gasteiger partial charge is 0.254 e. The molecular formula is C29H34FN5O. The number of nitrogens with zero attached hydrogens (tertiary/aromatic N) is 4. The van der Waals surface area contributed by atoms with Gasteiger partial charge in [-0.1, -0.05) is 19.6 Å². The van der Waals surface area contributed by atoms with Crippen molar-refractivity contribution in [3.05, 3.63) is 76.6 Å². The zero-order chi connectivity index (χ0) is 24.8. The molecule has 2 unspecified atom stereocenters. The van der Waals surface area contributed by atoms with E-state index in [1.165, 1.54) is 30.7 Å². The van der Waals surface area contributed by atoms with Gasteiger partial charge in [-0.2, -0.15) is 5.10 Å². The van der Waals surface area contributed by atoms with Gasteiger partial charge in [-0.3, -0.25) is 4.79 Å². The molecule has 1 saturated carbocycles. The normalized spacial score (nSPS) is 23.4. The molecule has 2 bridgehead atoms. The van der Waals surface area contributed by atoms with Crippen LogP contribution < -0.4 is 5.32 Å². The summed E-state index contributed by atoms with van der Waals surface area (Å²) in [7, 11) is 0. The lowest BCUT2D eigenvalue weighted by Crippen LogP contribution is -2.39. The van der Waals surface area contributed by atoms with Crippen LogP contribution in [-0.2, 0) is 6.42 Å². The molecule has 1 saturated heterocycles. The predicted octanol–water partition coefficient (Wildman–Crippen LogP) is 5.66. The standard InChI is InChI=1S/C29H34FN5O/c1-18-12-13-31-19(2)6-7-20-10-11-22(30)15-23(20)29(36)34-14-4-3-5-26(34)25-17-28-32-24(21-8-9-21)16-27(18)35(28)33-25/h10-11,15-18,21,26,31H,2-9,12-14H2,1H3. The van der Waals surface area contributed by atoms with E-state index >= 15 is 0 Å². The molecule has 2 atom stereocenters. The predicted molar refractivity (Wildman–Crippen MR) is 137 cm³/mol. The Labute approximate surface area is 211 Å². The molecule has 7 heteroatoms. The van der Waals surface area contributed by atoms with Gasteiger partial charge in [0.25, 0.3) is 5.91 Å². The summed E-state index contributed by atoms with van der Waals surface area (Å²) in [6, 6.07) is 8.77. The Hall–Kier alpha value is -3.22. The van der Waals surface area contributed by atoms with Gasteiger partial charge in [-0.05, 0) is 75.1 Å². The number of aromatic nitrogens is 3. The topological polar surface area (TPSA) is 62.5 Å². The summed E-state index contributed by atoms with van der Waals surface area (Å²) in [5.74, 6) is 0.342. The van der Waals surface area contributed by atoms with Crippen LogP contribution in [0.25, 0.3) is 5.65 Å². The third-order valence-corrected chi connectivity index (χ3v) is 8.05. The molecule has 36 heavy (non-hydrogen) atoms. The van der Waals surface area contributed by atoms with Gasteiger partial charge in [0.15, 0.2) is 5.65 Å². The second kappa shape index (κ2) is 9.34. The van der Waals surface area contributed by atoms with Crippen LogP contribution in [0.15, 0.2) is 42.6 Å². The maximum atomic E-state index is 14.3. The second-order valence-electron chi connectivity index (χ2n) is 10.8. The summed E-state index contributed by atoms with van der Waals surface area (Å²) < 4.78 is 16.3. The number of aryl methyl sites for hydroxylation is 1. The molecule has 0 spiro atoms. The van der Waals surface area contributed by atoms with Gasteiger partial charge in [0.1, 0.15) is 5.82 Å². The minimum atomic E-state index is -0.384. The maximum absolute atomic E-state index is 14.3. The molecular weight excluding hydrogens is 453 g/mol. The summed E-state index contributed by atoms with van der Waals surface area (Å²) >= 11 is 0. The van der Waals surface area contributed by atoms with Crippen LogP contribution >= 0.6 is 0 Å². The molecule has 188 valence electrons. The van der Waals surface area contributed by atoms with Crippen molar-refractivity contribution in [3.8, 4) is 0 Å². The third-order valence-electron chi connectivity index (χ3n) is 8.05. The van der Waals surface area contributed by atoms with Crippen molar-refractivity contribution in [2.24, 2.45) is 0 Å². The highest BCUT2D eigenvalue weighted by Crippen LogP contribution is 2.41. The average molecular weight is 488 g/mol. The van der Waals surface area contributed by atoms with Gasteiger partial charge in [0.2, 0.25) is 0 Å². The molecule has 3 aliphatic rings. The van der Waals surface area contributed by atoms with Gasteiger partial charge in [-0.15, -0.1) is 0 Å². The highest BCUT2D eigenvalue weighted by atomic mass is 19.1. The molecule has 2 aromatic heterocycles. The number of allylic oxidation sites excluding steroid dienone is 1. The van der Waals surface area contributed by atoms with Gasteiger partial charge in [0, 0.05) is 53.6 Å². The van der Waals surface area contributed by atoms with Gasteiger partial charge < -0.3 is 10.2 Å². The van der Waals surface area contributed by atoms with Crippen molar-refractivity contribution in [2.45, 2.75) is 76.2 Å². The minimum absolute atomic E-state index is 0.114. The first-order valence-corrected chi connectivity index (χ1v) is 13.4. The second-order valence-corrected chi connectivity index (χ2v) is 10.8. The van der Waals surface area contributed by atoms with Gasteiger partial charge in [-0.25, -0.2) is 13.9 Å². The Morgan fingerprint density at radius 3 is 2.75 bits per heavy atom. The minimum Gasteiger partial charge on any atom is -0.389 e. The Balaban J connectivity index is 1.47. The fraction of sp³-hybridized carbons (Fsp3) is 0.483. The summed E-state index contributed by atoms with van der Waals surface area (Å²) in [5, 5.41) is 8.52. The van der Waals surface area contributed by atoms with Crippen molar-refractivity contribution >= 4 is 11.6 Å². The molecule has 0 radical (unpaired) electrons. The van der Waals surface area contributed by atoms with E-state index in [1.807, 2.05) is 9.42 Å². The number of rotatable bonds is 1. The van der Waals surface area contributed by atoms with E-state index in [-0.39, 0.29) is 17.8 Å². The number of carbonyl (C=O) groups is 1. The van der Waals surface area contributed by atoms with E-state index in [4.69, 9.17) is 10.1 Å². The van der Waals surface area contributed by atoms with Crippen LogP contribution in [0, 0.1) is 5.82 Å². The SMILES string of the molecule is C=C1CCc2ccc(F)cc2C(=O)N2CCCCC2c2cc3nc(C4CC4)cc(n3n2)C(C)CCN1. The largest absolute Gasteiger partial charge is 0.389 e. The molecule has 4 heterocycles. The van der Waals surface area contributed by atoms with Crippen molar-refractivity contribution in [3.63, 3.8) is 0 Å². The van der Waals surface area contributed by atoms with Crippen LogP contribution in [-0.4, -0.2) is 38.5 Å². The average Bonchev–Trinajstić information content (AvgIpc) is 3.65. The van der Waals surface area contributed by atoms with Crippen molar-refractivity contribution < 1.29 is 9.18 Å². The number of hydrogen-bond donors (Lipinski definition) is 1. The summed E-state index contributed by atoms with van der Waals surface area (Å²) in [6.45, 7) is 7.91. The van der Waals surface area contributed by atoms with Gasteiger partial charge in [0.05, 0.1) is 11.7 Å². The first-order chi connectivity index (χ1) is 17.5. The lowest BCUT2D eigenvalue weighted by Gasteiger charge is -2.35. The maximum Gasteiger partial charge on any atom is 0.254 e. The van der Waals surface area contributed by atoms with Crippen LogP contribution in [0.3, 0.4) is 0 Å².